The molecule has 116 valence electrons. The molecule has 1 aromatic rings. The van der Waals surface area contributed by atoms with Gasteiger partial charge in [-0.25, -0.2) is 8.42 Å². The van der Waals surface area contributed by atoms with Gasteiger partial charge in [-0.2, -0.15) is 0 Å². The van der Waals surface area contributed by atoms with Gasteiger partial charge < -0.3 is 10.0 Å². The van der Waals surface area contributed by atoms with Crippen LogP contribution in [0.5, 0.6) is 0 Å². The lowest BCUT2D eigenvalue weighted by Crippen LogP contribution is -2.38. The van der Waals surface area contributed by atoms with Crippen molar-refractivity contribution in [3.63, 3.8) is 0 Å². The molecule has 5 nitrogen and oxygen atoms in total. The van der Waals surface area contributed by atoms with Crippen LogP contribution in [0.15, 0.2) is 29.2 Å². The smallest absolute Gasteiger partial charge is 0.232 e. The second-order valence-electron chi connectivity index (χ2n) is 5.15. The number of sulfone groups is 1. The molecule has 0 spiro atoms. The number of carbonyl (C=O) groups excluding carboxylic acids is 1. The number of hydrogen-bond acceptors (Lipinski definition) is 5. The minimum absolute atomic E-state index is 0.00275. The third-order valence-corrected chi connectivity index (χ3v) is 6.36. The molecule has 1 heterocycles. The Morgan fingerprint density at radius 3 is 2.57 bits per heavy atom. The largest absolute Gasteiger partial charge is 0.392 e. The summed E-state index contributed by atoms with van der Waals surface area (Å²) in [7, 11) is -1.30. The Bertz CT molecular complexity index is 598. The lowest BCUT2D eigenvalue weighted by Gasteiger charge is -2.23. The number of amides is 1. The number of hydrogen-bond donors (Lipinski definition) is 1. The first-order valence-electron chi connectivity index (χ1n) is 6.70. The standard InChI is InChI=1S/C14H19NO4S2/c1-15(12-6-7-21(18,19)10-12)14(17)9-20-13-4-2-11(8-16)3-5-13/h2-5,12,16H,6-10H2,1H3. The molecule has 1 amide bonds. The molecule has 7 heteroatoms. The molecule has 1 aliphatic heterocycles. The predicted molar refractivity (Wildman–Crippen MR) is 82.9 cm³/mol. The summed E-state index contributed by atoms with van der Waals surface area (Å²) in [4.78, 5) is 14.6. The van der Waals surface area contributed by atoms with E-state index in [-0.39, 0.29) is 35.8 Å². The van der Waals surface area contributed by atoms with Crippen LogP contribution in [0.1, 0.15) is 12.0 Å². The lowest BCUT2D eigenvalue weighted by molar-refractivity contribution is -0.128. The van der Waals surface area contributed by atoms with Crippen LogP contribution in [0, 0.1) is 0 Å². The molecular formula is C14H19NO4S2. The first-order chi connectivity index (χ1) is 9.91. The maximum Gasteiger partial charge on any atom is 0.232 e. The van der Waals surface area contributed by atoms with E-state index in [9.17, 15) is 13.2 Å². The third kappa shape index (κ3) is 4.46. The Kier molecular flexibility index (Phi) is 5.29. The third-order valence-electron chi connectivity index (χ3n) is 3.62. The SMILES string of the molecule is CN(C(=O)CSc1ccc(CO)cc1)C1CCS(=O)(=O)C1. The van der Waals surface area contributed by atoms with E-state index < -0.39 is 9.84 Å². The van der Waals surface area contributed by atoms with Gasteiger partial charge in [-0.15, -0.1) is 11.8 Å². The molecule has 21 heavy (non-hydrogen) atoms. The fourth-order valence-electron chi connectivity index (χ4n) is 2.22. The van der Waals surface area contributed by atoms with Crippen LogP contribution in [0.3, 0.4) is 0 Å². The molecule has 1 fully saturated rings. The molecule has 1 saturated heterocycles. The fraction of sp³-hybridized carbons (Fsp3) is 0.500. The van der Waals surface area contributed by atoms with E-state index in [4.69, 9.17) is 5.11 Å². The van der Waals surface area contributed by atoms with Crippen molar-refractivity contribution in [3.8, 4) is 0 Å². The van der Waals surface area contributed by atoms with Crippen LogP contribution in [0.4, 0.5) is 0 Å². The highest BCUT2D eigenvalue weighted by atomic mass is 32.2. The Morgan fingerprint density at radius 1 is 1.38 bits per heavy atom. The van der Waals surface area contributed by atoms with Crippen molar-refractivity contribution < 1.29 is 18.3 Å². The van der Waals surface area contributed by atoms with Crippen LogP contribution < -0.4 is 0 Å². The van der Waals surface area contributed by atoms with E-state index in [1.807, 2.05) is 24.3 Å². The molecule has 1 atom stereocenters. The molecule has 1 aliphatic rings. The van der Waals surface area contributed by atoms with Crippen molar-refractivity contribution in [2.45, 2.75) is 24.0 Å². The van der Waals surface area contributed by atoms with Crippen LogP contribution >= 0.6 is 11.8 Å². The lowest BCUT2D eigenvalue weighted by atomic mass is 10.2. The fourth-order valence-corrected chi connectivity index (χ4v) is 4.82. The van der Waals surface area contributed by atoms with Gasteiger partial charge in [-0.1, -0.05) is 12.1 Å². The highest BCUT2D eigenvalue weighted by molar-refractivity contribution is 8.00. The average Bonchev–Trinajstić information content (AvgIpc) is 2.84. The number of benzene rings is 1. The van der Waals surface area contributed by atoms with Gasteiger partial charge >= 0.3 is 0 Å². The molecule has 0 aromatic heterocycles. The molecule has 0 saturated carbocycles. The minimum Gasteiger partial charge on any atom is -0.392 e. The zero-order chi connectivity index (χ0) is 15.5. The van der Waals surface area contributed by atoms with Gasteiger partial charge in [0.1, 0.15) is 0 Å². The van der Waals surface area contributed by atoms with Gasteiger partial charge in [-0.3, -0.25) is 4.79 Å². The summed E-state index contributed by atoms with van der Waals surface area (Å²) in [5, 5.41) is 8.97. The topological polar surface area (TPSA) is 74.7 Å². The summed E-state index contributed by atoms with van der Waals surface area (Å²) >= 11 is 1.41. The molecule has 1 aromatic carbocycles. The summed E-state index contributed by atoms with van der Waals surface area (Å²) in [5.41, 5.74) is 0.832. The van der Waals surface area contributed by atoms with Gasteiger partial charge in [0.25, 0.3) is 0 Å². The molecule has 0 radical (unpaired) electrons. The Labute approximate surface area is 129 Å². The van der Waals surface area contributed by atoms with Crippen LogP contribution in [-0.4, -0.2) is 54.7 Å². The Balaban J connectivity index is 1.86. The van der Waals surface area contributed by atoms with E-state index in [2.05, 4.69) is 0 Å². The maximum absolute atomic E-state index is 12.1. The average molecular weight is 329 g/mol. The minimum atomic E-state index is -2.97. The Morgan fingerprint density at radius 2 is 2.05 bits per heavy atom. The van der Waals surface area contributed by atoms with Crippen molar-refractivity contribution in [3.05, 3.63) is 29.8 Å². The number of aliphatic hydroxyl groups is 1. The van der Waals surface area contributed by atoms with Crippen molar-refractivity contribution in [1.29, 1.82) is 0 Å². The number of nitrogens with zero attached hydrogens (tertiary/aromatic N) is 1. The van der Waals surface area contributed by atoms with Gasteiger partial charge in [0.15, 0.2) is 9.84 Å². The monoisotopic (exact) mass is 329 g/mol. The second-order valence-corrected chi connectivity index (χ2v) is 8.43. The van der Waals surface area contributed by atoms with Crippen LogP contribution in [0.2, 0.25) is 0 Å². The summed E-state index contributed by atoms with van der Waals surface area (Å²) in [6, 6.07) is 7.17. The second kappa shape index (κ2) is 6.81. The van der Waals surface area contributed by atoms with E-state index in [0.717, 1.165) is 10.5 Å². The molecule has 0 bridgehead atoms. The van der Waals surface area contributed by atoms with Gasteiger partial charge in [0.05, 0.1) is 23.9 Å². The molecular weight excluding hydrogens is 310 g/mol. The van der Waals surface area contributed by atoms with E-state index in [0.29, 0.717) is 6.42 Å². The quantitative estimate of drug-likeness (QED) is 0.813. The predicted octanol–water partition coefficient (Wildman–Crippen LogP) is 0.916. The summed E-state index contributed by atoms with van der Waals surface area (Å²) in [5.74, 6) is 0.468. The summed E-state index contributed by atoms with van der Waals surface area (Å²) < 4.78 is 22.9. The van der Waals surface area contributed by atoms with Crippen molar-refractivity contribution in [2.75, 3.05) is 24.3 Å². The van der Waals surface area contributed by atoms with Crippen molar-refractivity contribution in [1.82, 2.24) is 4.90 Å². The van der Waals surface area contributed by atoms with Gasteiger partial charge in [0, 0.05) is 18.0 Å². The zero-order valence-electron chi connectivity index (χ0n) is 11.9. The normalized spacial score (nSPS) is 20.4. The number of aliphatic hydroxyl groups excluding tert-OH is 1. The number of thioether (sulfide) groups is 1. The van der Waals surface area contributed by atoms with Gasteiger partial charge in [0.2, 0.25) is 5.91 Å². The van der Waals surface area contributed by atoms with Crippen molar-refractivity contribution in [2.24, 2.45) is 0 Å². The molecule has 2 rings (SSSR count). The Hall–Kier alpha value is -1.05. The maximum atomic E-state index is 12.1. The first-order valence-corrected chi connectivity index (χ1v) is 9.50. The van der Waals surface area contributed by atoms with E-state index in [1.54, 1.807) is 11.9 Å². The van der Waals surface area contributed by atoms with Crippen LogP contribution in [0.25, 0.3) is 0 Å². The first kappa shape index (κ1) is 16.3. The number of rotatable bonds is 5. The van der Waals surface area contributed by atoms with Crippen LogP contribution in [-0.2, 0) is 21.2 Å². The van der Waals surface area contributed by atoms with E-state index in [1.165, 1.54) is 11.8 Å². The highest BCUT2D eigenvalue weighted by Gasteiger charge is 2.32. The zero-order valence-corrected chi connectivity index (χ0v) is 13.5. The number of carbonyl (C=O) groups is 1. The molecule has 0 aliphatic carbocycles. The molecule has 1 unspecified atom stereocenters. The molecule has 1 N–H and O–H groups in total. The van der Waals surface area contributed by atoms with E-state index >= 15 is 0 Å². The summed E-state index contributed by atoms with van der Waals surface area (Å²) in [6.07, 6.45) is 0.528. The van der Waals surface area contributed by atoms with Crippen molar-refractivity contribution >= 4 is 27.5 Å². The van der Waals surface area contributed by atoms with Gasteiger partial charge in [-0.05, 0) is 24.1 Å². The highest BCUT2D eigenvalue weighted by Crippen LogP contribution is 2.21. The summed E-state index contributed by atoms with van der Waals surface area (Å²) in [6.45, 7) is 0.00275.